The Hall–Kier alpha value is -3.96. The number of hydrogen-bond donors (Lipinski definition) is 0. The Morgan fingerprint density at radius 2 is 0.585 bits per heavy atom. The molecule has 0 spiro atoms. The van der Waals surface area contributed by atoms with E-state index in [-0.39, 0.29) is 0 Å². The van der Waals surface area contributed by atoms with E-state index >= 15 is 35.1 Å². The van der Waals surface area contributed by atoms with Crippen LogP contribution in [0.5, 0.6) is 11.5 Å². The average Bonchev–Trinajstić information content (AvgIpc) is 0.801. The second-order valence-corrected chi connectivity index (χ2v) is 23.8. The van der Waals surface area contributed by atoms with Crippen molar-refractivity contribution in [2.45, 2.75) is 13.8 Å². The summed E-state index contributed by atoms with van der Waals surface area (Å²) in [4.78, 5) is 0. The largest absolute Gasteiger partial charge is 0.207 e. The van der Waals surface area contributed by atoms with Crippen LogP contribution in [-0.2, 0) is 18.9 Å². The van der Waals surface area contributed by atoms with Crippen LogP contribution in [0.25, 0.3) is 0 Å². The van der Waals surface area contributed by atoms with Crippen LogP contribution in [0.4, 0.5) is 52.7 Å². The Kier molecular flexibility index (Phi) is 24.9. The van der Waals surface area contributed by atoms with Crippen molar-refractivity contribution in [2.75, 3.05) is 66.1 Å². The molecule has 0 amide bonds. The third-order valence-electron chi connectivity index (χ3n) is 11.9. The minimum Gasteiger partial charge on any atom is -0.207 e. The molecule has 0 atom stereocenters. The summed E-state index contributed by atoms with van der Waals surface area (Å²) in [5, 5.41) is -13.9. The molecular formula is C54H39BCl8F12O6Se. The summed E-state index contributed by atoms with van der Waals surface area (Å²) < 4.78 is 221. The van der Waals surface area contributed by atoms with Gasteiger partial charge in [0.1, 0.15) is 29.4 Å². The maximum absolute atomic E-state index is 16.0. The van der Waals surface area contributed by atoms with Crippen molar-refractivity contribution >= 4 is 148 Å². The standard InChI is InChI=1S/C30H39O6Se.C24BCl8F12/c1-3-31-18-20-33-22-24-35-27-14-8-10-16-29(27)37(26-12-6-5-7-13-26)30-17-11-9-15-28(30)36-25-23-34-21-19-32-4-2;26-5-1(13(34)21(42)17(38)9(5)30)25(2-6(27)10(31)18(39)22(43)14(2)35,3-7(28)11(32)19(40)23(44)15(3)36)4-8(29)12(33)20(41)24(45)16(4)37/h5-17H,3-4,18-25H2,1-2H3;/q+1;-1. The first kappa shape index (κ1) is 67.2. The summed E-state index contributed by atoms with van der Waals surface area (Å²) in [5.41, 5.74) is -8.47. The molecule has 6 nitrogen and oxygen atoms in total. The molecule has 82 heavy (non-hydrogen) atoms. The van der Waals surface area contributed by atoms with Gasteiger partial charge in [-0.15, -0.1) is 21.9 Å². The maximum atomic E-state index is 16.0. The molecule has 0 fully saturated rings. The van der Waals surface area contributed by atoms with Gasteiger partial charge in [0.25, 0.3) is 0 Å². The van der Waals surface area contributed by atoms with Crippen LogP contribution in [0.1, 0.15) is 13.8 Å². The zero-order chi connectivity index (χ0) is 60.3. The molecule has 0 saturated carbocycles. The third-order valence-corrected chi connectivity index (χ3v) is 20.1. The van der Waals surface area contributed by atoms with Gasteiger partial charge in [0.15, 0.2) is 46.5 Å². The van der Waals surface area contributed by atoms with E-state index < -0.39 is 152 Å². The van der Waals surface area contributed by atoms with Crippen molar-refractivity contribution < 1.29 is 81.1 Å². The van der Waals surface area contributed by atoms with Crippen LogP contribution in [0.2, 0.25) is 40.2 Å². The number of hydrogen-bond acceptors (Lipinski definition) is 6. The molecule has 440 valence electrons. The number of halogens is 20. The van der Waals surface area contributed by atoms with Crippen LogP contribution < -0.4 is 44.7 Å². The number of para-hydroxylation sites is 2. The molecule has 0 N–H and O–H groups in total. The van der Waals surface area contributed by atoms with Crippen LogP contribution in [-0.4, -0.2) is 86.1 Å². The molecule has 0 radical (unpaired) electrons. The topological polar surface area (TPSA) is 55.4 Å². The van der Waals surface area contributed by atoms with Crippen LogP contribution in [0.3, 0.4) is 0 Å². The van der Waals surface area contributed by atoms with Gasteiger partial charge in [0.05, 0.1) is 20.1 Å². The van der Waals surface area contributed by atoms with Gasteiger partial charge in [-0.2, -0.15) is 0 Å². The van der Waals surface area contributed by atoms with Gasteiger partial charge in [0, 0.05) is 20.1 Å². The van der Waals surface area contributed by atoms with Crippen LogP contribution >= 0.6 is 92.8 Å². The van der Waals surface area contributed by atoms with Gasteiger partial charge in [-0.25, -0.2) is 52.7 Å². The second kappa shape index (κ2) is 30.4. The van der Waals surface area contributed by atoms with E-state index in [0.29, 0.717) is 66.1 Å². The Morgan fingerprint density at radius 3 is 0.890 bits per heavy atom. The monoisotopic (exact) mass is 1380 g/mol. The Balaban J connectivity index is 0.000000269. The Morgan fingerprint density at radius 1 is 0.317 bits per heavy atom. The molecule has 0 unspecified atom stereocenters. The van der Waals surface area contributed by atoms with Gasteiger partial charge in [0.2, 0.25) is 0 Å². The SMILES string of the molecule is CCOCCOCCOc1ccccc1[Se+](c1ccccc1)c1ccccc1OCCOCCOCC.Fc1c(F)c(Cl)c(Cl)c([B-](c2c(F)c(F)c(F)c(Cl)c2Cl)(c2c(F)c(F)c(F)c(Cl)c2Cl)c2c(F)c(F)c(F)c(Cl)c2Cl)c1F. The third kappa shape index (κ3) is 13.8. The Bertz CT molecular complexity index is 2980. The van der Waals surface area contributed by atoms with Crippen molar-refractivity contribution in [2.24, 2.45) is 0 Å². The number of benzene rings is 7. The zero-order valence-corrected chi connectivity index (χ0v) is 49.8. The fraction of sp³-hybridized carbons (Fsp3) is 0.222. The molecule has 7 aromatic carbocycles. The van der Waals surface area contributed by atoms with Crippen molar-refractivity contribution in [3.63, 3.8) is 0 Å². The van der Waals surface area contributed by atoms with Crippen molar-refractivity contribution in [3.05, 3.63) is 189 Å². The molecular weight excluding hydrogens is 1350 g/mol. The van der Waals surface area contributed by atoms with Crippen LogP contribution in [0.15, 0.2) is 78.9 Å². The van der Waals surface area contributed by atoms with E-state index in [4.69, 9.17) is 121 Å². The molecule has 7 aromatic rings. The van der Waals surface area contributed by atoms with E-state index in [0.717, 1.165) is 11.5 Å². The first-order chi connectivity index (χ1) is 39.0. The maximum Gasteiger partial charge on any atom is 0.192 e. The number of ether oxygens (including phenoxy) is 6. The van der Waals surface area contributed by atoms with E-state index in [1.54, 1.807) is 0 Å². The minimum atomic E-state index is -5.62. The molecule has 28 heteroatoms. The molecule has 0 aliphatic rings. The van der Waals surface area contributed by atoms with Crippen molar-refractivity contribution in [1.82, 2.24) is 0 Å². The predicted molar refractivity (Wildman–Crippen MR) is 299 cm³/mol. The summed E-state index contributed by atoms with van der Waals surface area (Å²) in [6, 6.07) is 27.3. The number of rotatable bonds is 23. The second-order valence-electron chi connectivity index (χ2n) is 16.6. The molecule has 7 rings (SSSR count). The first-order valence-electron chi connectivity index (χ1n) is 23.8. The van der Waals surface area contributed by atoms with E-state index in [1.807, 2.05) is 38.1 Å². The summed E-state index contributed by atoms with van der Waals surface area (Å²) in [7, 11) is 0. The summed E-state index contributed by atoms with van der Waals surface area (Å²) in [6.07, 6.45) is -5.62. The summed E-state index contributed by atoms with van der Waals surface area (Å²) in [6.45, 7) is 9.69. The fourth-order valence-corrected chi connectivity index (χ4v) is 15.2. The van der Waals surface area contributed by atoms with Gasteiger partial charge in [-0.1, -0.05) is 92.8 Å². The fourth-order valence-electron chi connectivity index (χ4n) is 8.43. The molecule has 0 aliphatic heterocycles. The van der Waals surface area contributed by atoms with Gasteiger partial charge in [-0.3, -0.25) is 0 Å². The quantitative estimate of drug-likeness (QED) is 0.0209. The average molecular weight is 1390 g/mol. The van der Waals surface area contributed by atoms with Gasteiger partial charge < -0.3 is 0 Å². The molecule has 0 heterocycles. The van der Waals surface area contributed by atoms with Crippen molar-refractivity contribution in [3.8, 4) is 11.5 Å². The van der Waals surface area contributed by atoms with E-state index in [2.05, 4.69) is 54.6 Å². The van der Waals surface area contributed by atoms with Gasteiger partial charge >= 0.3 is 226 Å². The Labute approximate surface area is 506 Å². The smallest absolute Gasteiger partial charge is 0.192 e. The van der Waals surface area contributed by atoms with Crippen LogP contribution in [0, 0.1) is 69.8 Å². The predicted octanol–water partition coefficient (Wildman–Crippen LogP) is 13.0. The summed E-state index contributed by atoms with van der Waals surface area (Å²) >= 11 is 44.9. The van der Waals surface area contributed by atoms with E-state index in [1.165, 1.54) is 13.4 Å². The molecule has 0 aliphatic carbocycles. The van der Waals surface area contributed by atoms with Crippen molar-refractivity contribution in [1.29, 1.82) is 0 Å². The zero-order valence-electron chi connectivity index (χ0n) is 42.1. The van der Waals surface area contributed by atoms with Gasteiger partial charge in [-0.05, 0) is 0 Å². The molecule has 0 bridgehead atoms. The normalized spacial score (nSPS) is 11.6. The first-order valence-corrected chi connectivity index (χ1v) is 29.4. The molecule has 0 saturated heterocycles. The summed E-state index contributed by atoms with van der Waals surface area (Å²) in [5.74, 6) is -29.5. The minimum absolute atomic E-state index is 0.480. The molecule has 0 aromatic heterocycles. The van der Waals surface area contributed by atoms with E-state index in [9.17, 15) is 17.6 Å².